The number of amides is 2. The molecule has 398 valence electrons. The molecule has 7 atom stereocenters. The fourth-order valence-corrected chi connectivity index (χ4v) is 10.4. The first-order chi connectivity index (χ1) is 37.2. The number of nitrogens with one attached hydrogen (secondary N) is 2. The molecular formula is C56H55N6O14P. The van der Waals surface area contributed by atoms with E-state index in [1.54, 1.807) is 74.9 Å². The number of esters is 1. The first-order valence-corrected chi connectivity index (χ1v) is 26.5. The quantitative estimate of drug-likeness (QED) is 0.0421. The summed E-state index contributed by atoms with van der Waals surface area (Å²) >= 11 is 0. The molecule has 2 aliphatic heterocycles. The van der Waals surface area contributed by atoms with Crippen LogP contribution >= 0.6 is 7.60 Å². The van der Waals surface area contributed by atoms with Crippen LogP contribution in [0.2, 0.25) is 0 Å². The highest BCUT2D eigenvalue weighted by atomic mass is 31.2. The summed E-state index contributed by atoms with van der Waals surface area (Å²) in [4.78, 5) is 73.3. The Kier molecular flexibility index (Phi) is 16.6. The zero-order valence-corrected chi connectivity index (χ0v) is 43.2. The van der Waals surface area contributed by atoms with Crippen molar-refractivity contribution in [3.05, 3.63) is 213 Å². The molecule has 77 heavy (non-hydrogen) atoms. The minimum absolute atomic E-state index is 0.000410. The summed E-state index contributed by atoms with van der Waals surface area (Å²) in [5.41, 5.74) is 0.115. The Morgan fingerprint density at radius 2 is 1.04 bits per heavy atom. The van der Waals surface area contributed by atoms with Crippen LogP contribution in [0.25, 0.3) is 0 Å². The molecule has 2 aromatic heterocycles. The number of hydrogen-bond acceptors (Lipinski definition) is 16. The number of nitrogens with zero attached hydrogens (tertiary/aromatic N) is 4. The molecule has 2 aliphatic rings. The van der Waals surface area contributed by atoms with Gasteiger partial charge in [0.25, 0.3) is 11.8 Å². The lowest BCUT2D eigenvalue weighted by molar-refractivity contribution is -0.150. The van der Waals surface area contributed by atoms with E-state index in [2.05, 4.69) is 20.6 Å². The van der Waals surface area contributed by atoms with Gasteiger partial charge in [0.2, 0.25) is 0 Å². The third kappa shape index (κ3) is 12.6. The van der Waals surface area contributed by atoms with Crippen LogP contribution in [0.4, 0.5) is 11.6 Å². The predicted octanol–water partition coefficient (Wildman–Crippen LogP) is 7.76. The molecule has 2 N–H and O–H groups in total. The summed E-state index contributed by atoms with van der Waals surface area (Å²) in [7, 11) is -0.983. The monoisotopic (exact) mass is 1070 g/mol. The summed E-state index contributed by atoms with van der Waals surface area (Å²) in [6.07, 6.45) is -3.35. The van der Waals surface area contributed by atoms with Crippen molar-refractivity contribution in [2.45, 2.75) is 62.2 Å². The summed E-state index contributed by atoms with van der Waals surface area (Å²) < 4.78 is 66.2. The van der Waals surface area contributed by atoms with E-state index in [1.165, 1.54) is 47.2 Å². The van der Waals surface area contributed by atoms with Crippen molar-refractivity contribution in [3.63, 3.8) is 0 Å². The molecule has 7 aromatic rings. The minimum atomic E-state index is -4.13. The maximum absolute atomic E-state index is 14.6. The number of ether oxygens (including phenoxy) is 6. The van der Waals surface area contributed by atoms with Crippen LogP contribution in [0.5, 0.6) is 11.5 Å². The van der Waals surface area contributed by atoms with Gasteiger partial charge >= 0.3 is 24.9 Å². The van der Waals surface area contributed by atoms with Crippen LogP contribution in [-0.4, -0.2) is 95.4 Å². The zero-order chi connectivity index (χ0) is 54.1. The third-order valence-corrected chi connectivity index (χ3v) is 14.2. The zero-order valence-electron chi connectivity index (χ0n) is 42.3. The summed E-state index contributed by atoms with van der Waals surface area (Å²) in [6, 6.07) is 44.2. The summed E-state index contributed by atoms with van der Waals surface area (Å²) in [5.74, 6) is -0.292. The highest BCUT2D eigenvalue weighted by Crippen LogP contribution is 2.50. The molecule has 21 heteroatoms. The van der Waals surface area contributed by atoms with E-state index in [1.807, 2.05) is 78.9 Å². The second kappa shape index (κ2) is 23.8. The SMILES string of the molecule is COc1ccc(C(OC[C@H]2O[C@@H](n3ccc(NC(=O)c4ccccc4)nc3=O)C[C@@H]2O[P@](C)(=O)OC[C@H]2O[C@@H](n3ccc(NC(=O)c4ccccc4)nc3=O)C[C@@H]2OC(C)=O)(c2ccccc2)c2ccc(OC)cc2)cc1. The van der Waals surface area contributed by atoms with Gasteiger partial charge in [0.05, 0.1) is 33.5 Å². The Morgan fingerprint density at radius 1 is 0.610 bits per heavy atom. The highest BCUT2D eigenvalue weighted by Gasteiger charge is 2.46. The molecule has 0 saturated carbocycles. The van der Waals surface area contributed by atoms with Crippen LogP contribution in [0, 0.1) is 0 Å². The molecule has 0 bridgehead atoms. The van der Waals surface area contributed by atoms with Crippen molar-refractivity contribution in [1.29, 1.82) is 0 Å². The Labute approximate surface area is 442 Å². The first kappa shape index (κ1) is 53.7. The minimum Gasteiger partial charge on any atom is -0.497 e. The lowest BCUT2D eigenvalue weighted by atomic mass is 9.80. The van der Waals surface area contributed by atoms with E-state index in [0.717, 1.165) is 16.7 Å². The van der Waals surface area contributed by atoms with E-state index in [0.29, 0.717) is 22.6 Å². The molecule has 4 heterocycles. The third-order valence-electron chi connectivity index (χ3n) is 13.0. The van der Waals surface area contributed by atoms with Crippen LogP contribution in [-0.2, 0) is 43.0 Å². The first-order valence-electron chi connectivity index (χ1n) is 24.5. The topological polar surface area (TPSA) is 236 Å². The lowest BCUT2D eigenvalue weighted by Gasteiger charge is -2.37. The van der Waals surface area contributed by atoms with E-state index in [4.69, 9.17) is 37.5 Å². The van der Waals surface area contributed by atoms with Crippen molar-refractivity contribution in [2.24, 2.45) is 0 Å². The predicted molar refractivity (Wildman–Crippen MR) is 281 cm³/mol. The second-order valence-electron chi connectivity index (χ2n) is 18.0. The van der Waals surface area contributed by atoms with Crippen molar-refractivity contribution in [3.8, 4) is 11.5 Å². The Balaban J connectivity index is 0.980. The lowest BCUT2D eigenvalue weighted by Crippen LogP contribution is -2.38. The fourth-order valence-electron chi connectivity index (χ4n) is 9.22. The number of carbonyl (C=O) groups excluding carboxylic acids is 3. The molecule has 2 fully saturated rings. The van der Waals surface area contributed by atoms with Crippen molar-refractivity contribution < 1.29 is 56.4 Å². The van der Waals surface area contributed by atoms with Gasteiger partial charge in [0.15, 0.2) is 0 Å². The molecule has 0 aliphatic carbocycles. The summed E-state index contributed by atoms with van der Waals surface area (Å²) in [5, 5.41) is 5.26. The molecule has 0 radical (unpaired) electrons. The van der Waals surface area contributed by atoms with Gasteiger partial charge in [-0.2, -0.15) is 9.97 Å². The van der Waals surface area contributed by atoms with Crippen molar-refractivity contribution >= 4 is 37.0 Å². The van der Waals surface area contributed by atoms with Gasteiger partial charge in [-0.15, -0.1) is 0 Å². The number of aromatic nitrogens is 4. The van der Waals surface area contributed by atoms with Gasteiger partial charge < -0.3 is 48.1 Å². The van der Waals surface area contributed by atoms with Crippen molar-refractivity contribution in [2.75, 3.05) is 44.7 Å². The van der Waals surface area contributed by atoms with Gasteiger partial charge in [-0.1, -0.05) is 91.0 Å². The number of carbonyl (C=O) groups is 3. The molecule has 20 nitrogen and oxygen atoms in total. The Hall–Kier alpha value is -8.10. The van der Waals surface area contributed by atoms with Crippen LogP contribution in [0.1, 0.15) is 69.6 Å². The van der Waals surface area contributed by atoms with E-state index in [-0.39, 0.29) is 31.1 Å². The van der Waals surface area contributed by atoms with Crippen molar-refractivity contribution in [1.82, 2.24) is 19.1 Å². The average molecular weight is 1070 g/mol. The standard InChI is InChI=1S/C56H55N6O14P/c1-36(63)73-44-32-50(61-30-28-48(59-54(61)66)57-52(64)37-14-8-5-9-15-37)75-47(44)35-72-77(4,68)76-45-33-51(62-31-29-49(60-55(62)67)58-53(65)38-16-10-6-11-17-38)74-46(45)34-71-56(39-18-12-7-13-19-39,40-20-24-42(69-2)25-21-40)41-22-26-43(70-3)27-23-41/h5-31,44-47,50-51H,32-35H2,1-4H3,(H,57,59,64,66)(H,58,60,65,67)/t44-,45-,46+,47+,50+,51+,77+/m0/s1. The van der Waals surface area contributed by atoms with E-state index < -0.39 is 85.8 Å². The molecule has 0 spiro atoms. The molecule has 0 unspecified atom stereocenters. The number of anilines is 2. The number of benzene rings is 5. The molecule has 2 saturated heterocycles. The van der Waals surface area contributed by atoms with Crippen LogP contribution in [0.3, 0.4) is 0 Å². The van der Waals surface area contributed by atoms with Crippen LogP contribution < -0.4 is 31.5 Å². The highest BCUT2D eigenvalue weighted by molar-refractivity contribution is 7.53. The Bertz CT molecular complexity index is 3300. The fraction of sp³-hybridized carbons (Fsp3) is 0.268. The van der Waals surface area contributed by atoms with Gasteiger partial charge in [-0.05, 0) is 77.4 Å². The smallest absolute Gasteiger partial charge is 0.351 e. The largest absolute Gasteiger partial charge is 0.497 e. The Morgan fingerprint density at radius 3 is 1.48 bits per heavy atom. The maximum atomic E-state index is 14.6. The van der Waals surface area contributed by atoms with Gasteiger partial charge in [0.1, 0.15) is 59.5 Å². The normalized spacial score (nSPS) is 19.9. The molecule has 5 aromatic carbocycles. The van der Waals surface area contributed by atoms with E-state index >= 15 is 0 Å². The molecular weight excluding hydrogens is 1010 g/mol. The second-order valence-corrected chi connectivity index (χ2v) is 20.1. The molecule has 9 rings (SSSR count). The summed E-state index contributed by atoms with van der Waals surface area (Å²) in [6.45, 7) is 1.87. The number of methoxy groups -OCH3 is 2. The number of hydrogen-bond donors (Lipinski definition) is 2. The van der Waals surface area contributed by atoms with Gasteiger partial charge in [0, 0.05) is 50.0 Å². The molecule has 2 amide bonds. The van der Waals surface area contributed by atoms with E-state index in [9.17, 15) is 28.5 Å². The average Bonchev–Trinajstić information content (AvgIpc) is 4.08. The van der Waals surface area contributed by atoms with Gasteiger partial charge in [-0.3, -0.25) is 28.1 Å². The number of rotatable bonds is 20. The van der Waals surface area contributed by atoms with Gasteiger partial charge in [-0.25, -0.2) is 9.59 Å². The maximum Gasteiger partial charge on any atom is 0.351 e. The van der Waals surface area contributed by atoms with Crippen LogP contribution in [0.15, 0.2) is 174 Å².